The number of nitrogens with one attached hydrogen (secondary N) is 1. The molecule has 4 aromatic rings. The number of hydrogen-bond donors (Lipinski definition) is 1. The predicted molar refractivity (Wildman–Crippen MR) is 142 cm³/mol. The van der Waals surface area contributed by atoms with Gasteiger partial charge in [0.25, 0.3) is 10.0 Å². The smallest absolute Gasteiger partial charge is 0.308 e. The van der Waals surface area contributed by atoms with Crippen LogP contribution in [0.3, 0.4) is 0 Å². The highest BCUT2D eigenvalue weighted by molar-refractivity contribution is 7.92. The predicted octanol–water partition coefficient (Wildman–Crippen LogP) is 5.09. The third kappa shape index (κ3) is 5.01. The highest BCUT2D eigenvalue weighted by atomic mass is 32.2. The second-order valence-corrected chi connectivity index (χ2v) is 11.5. The molecule has 1 amide bonds. The summed E-state index contributed by atoms with van der Waals surface area (Å²) in [4.78, 5) is 25.5. The molecule has 1 heterocycles. The number of aryl methyl sites for hydroxylation is 2. The minimum atomic E-state index is -4.00. The van der Waals surface area contributed by atoms with Crippen LogP contribution in [0, 0.1) is 13.8 Å². The Labute approximate surface area is 208 Å². The topological polar surface area (TPSA) is 88.5 Å². The van der Waals surface area contributed by atoms with Gasteiger partial charge in [0.2, 0.25) is 5.91 Å². The fourth-order valence-electron chi connectivity index (χ4n) is 3.91. The van der Waals surface area contributed by atoms with Gasteiger partial charge in [-0.15, -0.1) is 0 Å². The van der Waals surface area contributed by atoms with E-state index in [2.05, 4.69) is 5.32 Å². The average Bonchev–Trinajstić information content (AvgIpc) is 3.13. The summed E-state index contributed by atoms with van der Waals surface area (Å²) >= 11 is 1.11. The van der Waals surface area contributed by atoms with E-state index in [0.29, 0.717) is 11.4 Å². The highest BCUT2D eigenvalue weighted by Gasteiger charge is 2.28. The lowest BCUT2D eigenvalue weighted by atomic mass is 10.2. The maximum Gasteiger partial charge on any atom is 0.308 e. The molecule has 0 saturated carbocycles. The Balaban J connectivity index is 1.66. The number of amides is 1. The monoisotopic (exact) mass is 509 g/mol. The van der Waals surface area contributed by atoms with Gasteiger partial charge in [0.15, 0.2) is 0 Å². The van der Waals surface area contributed by atoms with E-state index in [1.54, 1.807) is 72.2 Å². The lowest BCUT2D eigenvalue weighted by Gasteiger charge is -2.25. The van der Waals surface area contributed by atoms with E-state index < -0.39 is 22.5 Å². The summed E-state index contributed by atoms with van der Waals surface area (Å²) in [7, 11) is -4.00. The maximum absolute atomic E-state index is 13.6. The first-order valence-electron chi connectivity index (χ1n) is 11.2. The van der Waals surface area contributed by atoms with Crippen molar-refractivity contribution < 1.29 is 13.2 Å². The molecule has 9 heteroatoms. The van der Waals surface area contributed by atoms with Crippen LogP contribution < -0.4 is 14.5 Å². The van der Waals surface area contributed by atoms with Crippen molar-refractivity contribution in [2.24, 2.45) is 0 Å². The van der Waals surface area contributed by atoms with E-state index in [9.17, 15) is 18.0 Å². The van der Waals surface area contributed by atoms with Gasteiger partial charge >= 0.3 is 4.87 Å². The molecule has 0 fully saturated rings. The van der Waals surface area contributed by atoms with Gasteiger partial charge in [0, 0.05) is 11.7 Å². The van der Waals surface area contributed by atoms with Gasteiger partial charge in [-0.05, 0) is 69.7 Å². The molecule has 0 bridgehead atoms. The van der Waals surface area contributed by atoms with Gasteiger partial charge in [0.1, 0.15) is 6.54 Å². The molecule has 0 aliphatic heterocycles. The first kappa shape index (κ1) is 24.7. The number of para-hydroxylation sites is 1. The van der Waals surface area contributed by atoms with Crippen molar-refractivity contribution in [3.05, 3.63) is 87.5 Å². The molecule has 7 nitrogen and oxygen atoms in total. The molecule has 35 heavy (non-hydrogen) atoms. The molecular formula is C26H27N3O4S2. The van der Waals surface area contributed by atoms with Gasteiger partial charge < -0.3 is 5.32 Å². The van der Waals surface area contributed by atoms with Gasteiger partial charge in [-0.1, -0.05) is 47.2 Å². The number of anilines is 2. The van der Waals surface area contributed by atoms with Gasteiger partial charge in [0.05, 0.1) is 20.8 Å². The molecule has 0 atom stereocenters. The van der Waals surface area contributed by atoms with Crippen LogP contribution in [0.15, 0.2) is 76.4 Å². The maximum atomic E-state index is 13.6. The van der Waals surface area contributed by atoms with Gasteiger partial charge in [-0.2, -0.15) is 0 Å². The fraction of sp³-hybridized carbons (Fsp3) is 0.231. The molecule has 1 aromatic heterocycles. The standard InChI is InChI=1S/C26H27N3O4S2/c1-17(2)29-23-14-11-20(15-24(23)34-26(29)31)27-25(30)16-28(22-8-6-5-7-19(22)4)35(32,33)21-12-9-18(3)10-13-21/h5-15,17H,16H2,1-4H3,(H,27,30). The van der Waals surface area contributed by atoms with E-state index in [1.165, 1.54) is 0 Å². The summed E-state index contributed by atoms with van der Waals surface area (Å²) in [6.45, 7) is 7.17. The molecule has 0 aliphatic carbocycles. The Bertz CT molecular complexity index is 1550. The van der Waals surface area contributed by atoms with Crippen molar-refractivity contribution in [1.82, 2.24) is 4.57 Å². The number of carbonyl (C=O) groups excluding carboxylic acids is 1. The number of aromatic nitrogens is 1. The summed E-state index contributed by atoms with van der Waals surface area (Å²) in [5.41, 5.74) is 3.41. The number of carbonyl (C=O) groups is 1. The third-order valence-corrected chi connectivity index (χ3v) is 8.39. The van der Waals surface area contributed by atoms with Crippen LogP contribution in [0.25, 0.3) is 10.2 Å². The molecule has 0 radical (unpaired) electrons. The van der Waals surface area contributed by atoms with Crippen molar-refractivity contribution in [1.29, 1.82) is 0 Å². The van der Waals surface area contributed by atoms with E-state index in [1.807, 2.05) is 26.8 Å². The van der Waals surface area contributed by atoms with Crippen molar-refractivity contribution in [3.63, 3.8) is 0 Å². The molecule has 0 aliphatic rings. The number of rotatable bonds is 7. The average molecular weight is 510 g/mol. The van der Waals surface area contributed by atoms with Crippen LogP contribution in [-0.2, 0) is 14.8 Å². The van der Waals surface area contributed by atoms with Crippen molar-refractivity contribution in [2.75, 3.05) is 16.2 Å². The van der Waals surface area contributed by atoms with Crippen molar-refractivity contribution in [3.8, 4) is 0 Å². The molecule has 0 saturated heterocycles. The second-order valence-electron chi connectivity index (χ2n) is 8.67. The summed E-state index contributed by atoms with van der Waals surface area (Å²) in [5, 5.41) is 2.79. The molecule has 3 aromatic carbocycles. The fourth-order valence-corrected chi connectivity index (χ4v) is 6.45. The number of thiazole rings is 1. The number of nitrogens with zero attached hydrogens (tertiary/aromatic N) is 2. The Morgan fingerprint density at radius 1 is 1.03 bits per heavy atom. The zero-order valence-electron chi connectivity index (χ0n) is 20.0. The largest absolute Gasteiger partial charge is 0.324 e. The van der Waals surface area contributed by atoms with E-state index in [4.69, 9.17) is 0 Å². The van der Waals surface area contributed by atoms with Crippen LogP contribution in [0.4, 0.5) is 11.4 Å². The molecular weight excluding hydrogens is 482 g/mol. The summed E-state index contributed by atoms with van der Waals surface area (Å²) < 4.78 is 30.7. The molecule has 0 unspecified atom stereocenters. The van der Waals surface area contributed by atoms with E-state index >= 15 is 0 Å². The summed E-state index contributed by atoms with van der Waals surface area (Å²) in [6, 6.07) is 18.9. The number of benzene rings is 3. The SMILES string of the molecule is Cc1ccc(S(=O)(=O)N(CC(=O)Nc2ccc3c(c2)sc(=O)n3C(C)C)c2ccccc2C)cc1. The van der Waals surface area contributed by atoms with Crippen LogP contribution in [-0.4, -0.2) is 25.4 Å². The molecule has 0 spiro atoms. The first-order chi connectivity index (χ1) is 16.6. The minimum Gasteiger partial charge on any atom is -0.324 e. The summed E-state index contributed by atoms with van der Waals surface area (Å²) in [5.74, 6) is -0.487. The van der Waals surface area contributed by atoms with Crippen molar-refractivity contribution >= 4 is 48.9 Å². The van der Waals surface area contributed by atoms with Crippen LogP contribution in [0.5, 0.6) is 0 Å². The Kier molecular flexibility index (Phi) is 6.82. The van der Waals surface area contributed by atoms with Crippen molar-refractivity contribution in [2.45, 2.75) is 38.6 Å². The van der Waals surface area contributed by atoms with Gasteiger partial charge in [-0.25, -0.2) is 8.42 Å². The molecule has 182 valence electrons. The Morgan fingerprint density at radius 3 is 2.37 bits per heavy atom. The third-order valence-electron chi connectivity index (χ3n) is 5.69. The number of fused-ring (bicyclic) bond motifs is 1. The summed E-state index contributed by atoms with van der Waals surface area (Å²) in [6.07, 6.45) is 0. The highest BCUT2D eigenvalue weighted by Crippen LogP contribution is 2.28. The Morgan fingerprint density at radius 2 is 1.71 bits per heavy atom. The molecule has 4 rings (SSSR count). The lowest BCUT2D eigenvalue weighted by Crippen LogP contribution is -2.38. The van der Waals surface area contributed by atoms with Gasteiger partial charge in [-0.3, -0.25) is 18.5 Å². The van der Waals surface area contributed by atoms with Crippen LogP contribution >= 0.6 is 11.3 Å². The first-order valence-corrected chi connectivity index (χ1v) is 13.4. The zero-order chi connectivity index (χ0) is 25.3. The van der Waals surface area contributed by atoms with Crippen LogP contribution in [0.2, 0.25) is 0 Å². The normalized spacial score (nSPS) is 11.7. The second kappa shape index (κ2) is 9.67. The number of sulfonamides is 1. The zero-order valence-corrected chi connectivity index (χ0v) is 21.6. The van der Waals surface area contributed by atoms with E-state index in [0.717, 1.165) is 37.0 Å². The molecule has 1 N–H and O–H groups in total. The lowest BCUT2D eigenvalue weighted by molar-refractivity contribution is -0.114. The quantitative estimate of drug-likeness (QED) is 0.376. The van der Waals surface area contributed by atoms with Crippen LogP contribution in [0.1, 0.15) is 31.0 Å². The van der Waals surface area contributed by atoms with E-state index in [-0.39, 0.29) is 15.8 Å². The number of hydrogen-bond acceptors (Lipinski definition) is 5. The Hall–Kier alpha value is -3.43. The minimum absolute atomic E-state index is 0.0198.